The van der Waals surface area contributed by atoms with Crippen LogP contribution in [0.4, 0.5) is 5.69 Å². The summed E-state index contributed by atoms with van der Waals surface area (Å²) in [7, 11) is 0. The predicted molar refractivity (Wildman–Crippen MR) is 106 cm³/mol. The lowest BCUT2D eigenvalue weighted by atomic mass is 9.87. The zero-order valence-corrected chi connectivity index (χ0v) is 16.1. The Morgan fingerprint density at radius 3 is 2.68 bits per heavy atom. The molecule has 146 valence electrons. The molecule has 3 aliphatic rings. The van der Waals surface area contributed by atoms with Crippen LogP contribution in [0.2, 0.25) is 0 Å². The van der Waals surface area contributed by atoms with Gasteiger partial charge in [0.25, 0.3) is 0 Å². The van der Waals surface area contributed by atoms with Crippen molar-refractivity contribution in [3.8, 4) is 11.1 Å². The van der Waals surface area contributed by atoms with E-state index in [1.807, 2.05) is 17.8 Å². The van der Waals surface area contributed by atoms with E-state index in [-0.39, 0.29) is 5.92 Å². The van der Waals surface area contributed by atoms with E-state index in [0.29, 0.717) is 11.9 Å². The van der Waals surface area contributed by atoms with Crippen LogP contribution in [-0.2, 0) is 4.79 Å². The molecule has 0 bridgehead atoms. The number of quaternary nitrogens is 1. The Labute approximate surface area is 164 Å². The Morgan fingerprint density at radius 1 is 1.04 bits per heavy atom. The molecule has 28 heavy (non-hydrogen) atoms. The van der Waals surface area contributed by atoms with Crippen molar-refractivity contribution in [2.75, 3.05) is 13.1 Å². The van der Waals surface area contributed by atoms with Crippen molar-refractivity contribution >= 4 is 17.8 Å². The van der Waals surface area contributed by atoms with E-state index in [9.17, 15) is 4.79 Å². The molecular weight excluding hydrogens is 352 g/mol. The van der Waals surface area contributed by atoms with Crippen LogP contribution in [0.15, 0.2) is 29.8 Å². The van der Waals surface area contributed by atoms with Crippen LogP contribution in [0.3, 0.4) is 0 Å². The standard InChI is InChI=1S/C21H26N6O/c28-21(15-4-2-1-3-5-15)26-8-6-18(7-9-26)27-14-17(12-24-27)16-10-19-20(22-11-16)13-23-25-19/h10-15,18H,1-9H2,(H,23,25)/p+1. The average molecular weight is 379 g/mol. The van der Waals surface area contributed by atoms with Crippen molar-refractivity contribution in [3.63, 3.8) is 0 Å². The first-order chi connectivity index (χ1) is 13.8. The maximum absolute atomic E-state index is 12.8. The number of piperidine rings is 1. The lowest BCUT2D eigenvalue weighted by Crippen LogP contribution is -2.69. The summed E-state index contributed by atoms with van der Waals surface area (Å²) in [6.45, 7) is 1.70. The van der Waals surface area contributed by atoms with Gasteiger partial charge in [0, 0.05) is 48.6 Å². The summed E-state index contributed by atoms with van der Waals surface area (Å²) in [6, 6.07) is 2.48. The lowest BCUT2D eigenvalue weighted by molar-refractivity contribution is -0.573. The van der Waals surface area contributed by atoms with Crippen LogP contribution >= 0.6 is 0 Å². The third-order valence-corrected chi connectivity index (χ3v) is 6.40. The van der Waals surface area contributed by atoms with Crippen LogP contribution in [-0.4, -0.2) is 44.9 Å². The maximum atomic E-state index is 12.8. The number of rotatable bonds is 3. The summed E-state index contributed by atoms with van der Waals surface area (Å²) >= 11 is 0. The second kappa shape index (κ2) is 7.47. The molecule has 1 amide bonds. The van der Waals surface area contributed by atoms with Crippen LogP contribution in [0, 0.1) is 5.92 Å². The monoisotopic (exact) mass is 379 g/mol. The largest absolute Gasteiger partial charge is 0.342 e. The number of carbonyl (C=O) groups excluding carboxylic acids is 1. The number of hydrogen-bond acceptors (Lipinski definition) is 4. The van der Waals surface area contributed by atoms with Crippen molar-refractivity contribution in [3.05, 3.63) is 30.4 Å². The van der Waals surface area contributed by atoms with Crippen LogP contribution in [0.5, 0.6) is 0 Å². The van der Waals surface area contributed by atoms with Gasteiger partial charge in [-0.3, -0.25) is 9.48 Å². The number of hydrogen-bond donors (Lipinski definition) is 1. The third-order valence-electron chi connectivity index (χ3n) is 6.40. The van der Waals surface area contributed by atoms with Gasteiger partial charge in [-0.2, -0.15) is 10.5 Å². The van der Waals surface area contributed by atoms with Crippen molar-refractivity contribution in [2.45, 2.75) is 51.0 Å². The highest BCUT2D eigenvalue weighted by molar-refractivity contribution is 5.85. The Balaban J connectivity index is 1.22. The van der Waals surface area contributed by atoms with Gasteiger partial charge in [0.15, 0.2) is 5.69 Å². The van der Waals surface area contributed by atoms with Gasteiger partial charge in [0.05, 0.1) is 12.2 Å². The molecule has 7 heteroatoms. The van der Waals surface area contributed by atoms with Crippen molar-refractivity contribution in [2.24, 2.45) is 11.0 Å². The number of pyridine rings is 1. The molecule has 5 rings (SSSR count). The first kappa shape index (κ1) is 17.6. The molecule has 0 aromatic carbocycles. The molecule has 1 aliphatic carbocycles. The molecule has 0 atom stereocenters. The van der Waals surface area contributed by atoms with E-state index in [2.05, 4.69) is 37.0 Å². The topological polar surface area (TPSA) is 80.0 Å². The highest BCUT2D eigenvalue weighted by Crippen LogP contribution is 2.30. The molecule has 0 radical (unpaired) electrons. The highest BCUT2D eigenvalue weighted by atomic mass is 16.2. The second-order valence-corrected chi connectivity index (χ2v) is 8.21. The van der Waals surface area contributed by atoms with Crippen LogP contribution < -0.4 is 5.43 Å². The average Bonchev–Trinajstić information content (AvgIpc) is 3.43. The molecule has 2 N–H and O–H groups in total. The fourth-order valence-corrected chi connectivity index (χ4v) is 4.69. The Hall–Kier alpha value is -2.54. The highest BCUT2D eigenvalue weighted by Gasteiger charge is 2.30. The maximum Gasteiger partial charge on any atom is 0.225 e. The Bertz CT molecular complexity index is 890. The lowest BCUT2D eigenvalue weighted by Gasteiger charge is -2.35. The second-order valence-electron chi connectivity index (χ2n) is 8.21. The van der Waals surface area contributed by atoms with Gasteiger partial charge in [-0.05, 0) is 25.7 Å². The molecular formula is C21H27N6O+. The minimum Gasteiger partial charge on any atom is -0.342 e. The third kappa shape index (κ3) is 3.35. The number of carbonyl (C=O) groups is 1. The zero-order chi connectivity index (χ0) is 18.9. The normalized spacial score (nSPS) is 20.5. The van der Waals surface area contributed by atoms with Gasteiger partial charge < -0.3 is 4.90 Å². The fraction of sp³-hybridized carbons (Fsp3) is 0.524. The first-order valence-corrected chi connectivity index (χ1v) is 10.5. The molecule has 7 nitrogen and oxygen atoms in total. The van der Waals surface area contributed by atoms with Gasteiger partial charge in [-0.15, -0.1) is 0 Å². The van der Waals surface area contributed by atoms with Crippen molar-refractivity contribution in [1.82, 2.24) is 19.7 Å². The minimum atomic E-state index is 0.273. The van der Waals surface area contributed by atoms with Gasteiger partial charge in [0.2, 0.25) is 5.91 Å². The molecule has 0 unspecified atom stereocenters. The number of amides is 1. The van der Waals surface area contributed by atoms with Crippen LogP contribution in [0.25, 0.3) is 11.1 Å². The van der Waals surface area contributed by atoms with Gasteiger partial charge in [-0.25, -0.2) is 4.98 Å². The molecule has 2 aromatic heterocycles. The van der Waals surface area contributed by atoms with E-state index >= 15 is 0 Å². The first-order valence-electron chi connectivity index (χ1n) is 10.5. The van der Waals surface area contributed by atoms with Gasteiger partial charge in [0.1, 0.15) is 11.9 Å². The van der Waals surface area contributed by atoms with E-state index in [1.54, 1.807) is 6.21 Å². The molecule has 1 saturated carbocycles. The zero-order valence-electron chi connectivity index (χ0n) is 16.1. The molecule has 4 heterocycles. The van der Waals surface area contributed by atoms with E-state index in [1.165, 1.54) is 19.3 Å². The summed E-state index contributed by atoms with van der Waals surface area (Å²) in [5.74, 6) is 0.664. The molecule has 0 spiro atoms. The summed E-state index contributed by atoms with van der Waals surface area (Å²) in [4.78, 5) is 19.3. The minimum absolute atomic E-state index is 0.273. The van der Waals surface area contributed by atoms with E-state index < -0.39 is 0 Å². The molecule has 2 fully saturated rings. The summed E-state index contributed by atoms with van der Waals surface area (Å²) < 4.78 is 2.07. The van der Waals surface area contributed by atoms with Crippen molar-refractivity contribution < 1.29 is 10.2 Å². The van der Waals surface area contributed by atoms with Gasteiger partial charge >= 0.3 is 0 Å². The molecule has 2 aromatic rings. The summed E-state index contributed by atoms with van der Waals surface area (Å²) in [5.41, 5.74) is 5.97. The SMILES string of the molecule is O=C(C1CCCCC1)N1CCC(n2cc(-c3cnc4c(c3)[NH2+]N=C4)cn2)CC1. The van der Waals surface area contributed by atoms with E-state index in [0.717, 1.165) is 61.3 Å². The number of nitrogens with two attached hydrogens (primary N) is 1. The predicted octanol–water partition coefficient (Wildman–Crippen LogP) is 2.23. The summed E-state index contributed by atoms with van der Waals surface area (Å²) in [5, 5.41) is 8.77. The Kier molecular flexibility index (Phi) is 4.68. The molecule has 1 saturated heterocycles. The number of nitrogens with zero attached hydrogens (tertiary/aromatic N) is 5. The number of fused-ring (bicyclic) bond motifs is 1. The van der Waals surface area contributed by atoms with Crippen molar-refractivity contribution in [1.29, 1.82) is 0 Å². The van der Waals surface area contributed by atoms with Crippen LogP contribution in [0.1, 0.15) is 56.7 Å². The number of likely N-dealkylation sites (tertiary alicyclic amines) is 1. The van der Waals surface area contributed by atoms with E-state index in [4.69, 9.17) is 0 Å². The number of aromatic nitrogens is 3. The molecule has 2 aliphatic heterocycles. The fourth-order valence-electron chi connectivity index (χ4n) is 4.69. The van der Waals surface area contributed by atoms with Gasteiger partial charge in [-0.1, -0.05) is 24.4 Å². The Morgan fingerprint density at radius 2 is 1.86 bits per heavy atom. The summed E-state index contributed by atoms with van der Waals surface area (Å²) in [6.07, 6.45) is 15.5. The quantitative estimate of drug-likeness (QED) is 0.831. The smallest absolute Gasteiger partial charge is 0.225 e.